The monoisotopic (exact) mass is 287 g/mol. The summed E-state index contributed by atoms with van der Waals surface area (Å²) in [6.07, 6.45) is 3.34. The van der Waals surface area contributed by atoms with Crippen molar-refractivity contribution in [2.24, 2.45) is 0 Å². The Labute approximate surface area is 98.3 Å². The third kappa shape index (κ3) is 2.31. The maximum absolute atomic E-state index is 4.31. The Morgan fingerprint density at radius 1 is 1.43 bits per heavy atom. The van der Waals surface area contributed by atoms with E-state index in [1.807, 2.05) is 13.0 Å². The summed E-state index contributed by atoms with van der Waals surface area (Å²) < 4.78 is 5.85. The quantitative estimate of drug-likeness (QED) is 0.851. The van der Waals surface area contributed by atoms with Gasteiger partial charge in [-0.1, -0.05) is 0 Å². The molecule has 0 aromatic carbocycles. The molecule has 2 aromatic rings. The fourth-order valence-corrected chi connectivity index (χ4v) is 2.76. The van der Waals surface area contributed by atoms with Crippen LogP contribution in [0, 0.1) is 6.92 Å². The van der Waals surface area contributed by atoms with E-state index in [2.05, 4.69) is 30.3 Å². The van der Waals surface area contributed by atoms with Crippen molar-refractivity contribution in [2.75, 3.05) is 0 Å². The third-order valence-corrected chi connectivity index (χ3v) is 3.79. The molecule has 14 heavy (non-hydrogen) atoms. The van der Waals surface area contributed by atoms with Crippen LogP contribution in [0.3, 0.4) is 0 Å². The number of halogens is 1. The van der Waals surface area contributed by atoms with E-state index in [-0.39, 0.29) is 0 Å². The van der Waals surface area contributed by atoms with Crippen LogP contribution in [-0.4, -0.2) is 14.3 Å². The highest BCUT2D eigenvalue weighted by Gasteiger charge is 2.05. The van der Waals surface area contributed by atoms with Crippen molar-refractivity contribution in [3.8, 4) is 0 Å². The molecule has 0 unspecified atom stereocenters. The number of rotatable bonds is 2. The molecule has 0 saturated heterocycles. The fraction of sp³-hybridized carbons (Fsp3) is 0.125. The summed E-state index contributed by atoms with van der Waals surface area (Å²) in [5.74, 6) is 0. The van der Waals surface area contributed by atoms with Crippen LogP contribution in [0.4, 0.5) is 0 Å². The molecule has 0 aliphatic rings. The third-order valence-electron chi connectivity index (χ3n) is 1.52. The molecule has 2 aromatic heterocycles. The van der Waals surface area contributed by atoms with E-state index in [0.29, 0.717) is 0 Å². The van der Waals surface area contributed by atoms with E-state index < -0.39 is 0 Å². The smallest absolute Gasteiger partial charge is 0.176 e. The second-order valence-corrected chi connectivity index (χ2v) is 5.52. The van der Waals surface area contributed by atoms with Gasteiger partial charge < -0.3 is 0 Å². The van der Waals surface area contributed by atoms with Crippen LogP contribution in [-0.2, 0) is 0 Å². The maximum atomic E-state index is 4.31. The normalized spacial score (nSPS) is 10.4. The topological polar surface area (TPSA) is 38.7 Å². The second-order valence-electron chi connectivity index (χ2n) is 2.58. The zero-order valence-electron chi connectivity index (χ0n) is 7.27. The Kier molecular flexibility index (Phi) is 3.15. The van der Waals surface area contributed by atoms with E-state index in [1.165, 1.54) is 11.5 Å². The van der Waals surface area contributed by atoms with Gasteiger partial charge in [-0.3, -0.25) is 0 Å². The maximum Gasteiger partial charge on any atom is 0.176 e. The van der Waals surface area contributed by atoms with Crippen molar-refractivity contribution in [1.29, 1.82) is 0 Å². The molecule has 0 fully saturated rings. The number of aryl methyl sites for hydroxylation is 1. The van der Waals surface area contributed by atoms with Crippen molar-refractivity contribution in [3.05, 3.63) is 28.6 Å². The molecule has 0 radical (unpaired) electrons. The Balaban J connectivity index is 2.25. The highest BCUT2D eigenvalue weighted by molar-refractivity contribution is 9.10. The van der Waals surface area contributed by atoms with Crippen molar-refractivity contribution in [3.63, 3.8) is 0 Å². The molecule has 0 N–H and O–H groups in total. The molecule has 2 heterocycles. The molecule has 0 aliphatic carbocycles. The summed E-state index contributed by atoms with van der Waals surface area (Å²) >= 11 is 6.30. The zero-order valence-corrected chi connectivity index (χ0v) is 10.5. The number of hydrogen-bond acceptors (Lipinski definition) is 5. The lowest BCUT2D eigenvalue weighted by molar-refractivity contribution is 1.06. The first-order valence-electron chi connectivity index (χ1n) is 3.82. The van der Waals surface area contributed by atoms with Crippen LogP contribution < -0.4 is 0 Å². The van der Waals surface area contributed by atoms with Gasteiger partial charge in [0.2, 0.25) is 0 Å². The van der Waals surface area contributed by atoms with Crippen LogP contribution >= 0.6 is 39.2 Å². The number of hydrogen-bond donors (Lipinski definition) is 0. The van der Waals surface area contributed by atoms with Gasteiger partial charge in [-0.05, 0) is 57.8 Å². The highest BCUT2D eigenvalue weighted by Crippen LogP contribution is 2.29. The standard InChI is InChI=1S/C8H6BrN3S2/c1-5-2-6(9)3-10-7(5)13-8-11-4-12-14-8/h2-4H,1H3. The van der Waals surface area contributed by atoms with Crippen molar-refractivity contribution >= 4 is 39.2 Å². The minimum atomic E-state index is 0.919. The van der Waals surface area contributed by atoms with E-state index in [1.54, 1.807) is 24.3 Å². The van der Waals surface area contributed by atoms with Gasteiger partial charge in [0.15, 0.2) is 4.34 Å². The Hall–Kier alpha value is -0.460. The second kappa shape index (κ2) is 4.37. The van der Waals surface area contributed by atoms with E-state index in [0.717, 1.165) is 19.4 Å². The lowest BCUT2D eigenvalue weighted by Gasteiger charge is -2.01. The van der Waals surface area contributed by atoms with Gasteiger partial charge in [0.25, 0.3) is 0 Å². The van der Waals surface area contributed by atoms with Gasteiger partial charge in [-0.25, -0.2) is 9.97 Å². The van der Waals surface area contributed by atoms with Gasteiger partial charge in [-0.2, -0.15) is 4.37 Å². The summed E-state index contributed by atoms with van der Waals surface area (Å²) in [5.41, 5.74) is 1.14. The predicted molar refractivity (Wildman–Crippen MR) is 60.7 cm³/mol. The molecular formula is C8H6BrN3S2. The minimum Gasteiger partial charge on any atom is -0.248 e. The zero-order chi connectivity index (χ0) is 9.97. The van der Waals surface area contributed by atoms with Gasteiger partial charge in [-0.15, -0.1) is 0 Å². The van der Waals surface area contributed by atoms with Crippen LogP contribution in [0.25, 0.3) is 0 Å². The summed E-state index contributed by atoms with van der Waals surface area (Å²) in [6.45, 7) is 2.03. The fourth-order valence-electron chi connectivity index (χ4n) is 0.925. The van der Waals surface area contributed by atoms with Crippen molar-refractivity contribution < 1.29 is 0 Å². The molecule has 0 bridgehead atoms. The highest BCUT2D eigenvalue weighted by atomic mass is 79.9. The first-order valence-corrected chi connectivity index (χ1v) is 6.20. The Morgan fingerprint density at radius 3 is 2.93 bits per heavy atom. The van der Waals surface area contributed by atoms with Gasteiger partial charge in [0.05, 0.1) is 0 Å². The number of aromatic nitrogens is 3. The average molecular weight is 288 g/mol. The molecule has 6 heteroatoms. The molecule has 3 nitrogen and oxygen atoms in total. The SMILES string of the molecule is Cc1cc(Br)cnc1Sc1ncns1. The van der Waals surface area contributed by atoms with Crippen LogP contribution in [0.1, 0.15) is 5.56 Å². The van der Waals surface area contributed by atoms with Gasteiger partial charge in [0, 0.05) is 10.7 Å². The molecule has 0 spiro atoms. The summed E-state index contributed by atoms with van der Waals surface area (Å²) in [6, 6.07) is 2.04. The Bertz CT molecular complexity index is 430. The summed E-state index contributed by atoms with van der Waals surface area (Å²) in [7, 11) is 0. The Morgan fingerprint density at radius 2 is 2.29 bits per heavy atom. The molecule has 72 valence electrons. The summed E-state index contributed by atoms with van der Waals surface area (Å²) in [4.78, 5) is 8.40. The van der Waals surface area contributed by atoms with E-state index >= 15 is 0 Å². The van der Waals surface area contributed by atoms with Crippen LogP contribution in [0.15, 0.2) is 32.4 Å². The number of pyridine rings is 1. The molecule has 0 aliphatic heterocycles. The minimum absolute atomic E-state index is 0.919. The molecule has 2 rings (SSSR count). The van der Waals surface area contributed by atoms with E-state index in [4.69, 9.17) is 0 Å². The summed E-state index contributed by atoms with van der Waals surface area (Å²) in [5, 5.41) is 0.977. The predicted octanol–water partition coefficient (Wildman–Crippen LogP) is 3.16. The molecule has 0 atom stereocenters. The van der Waals surface area contributed by atoms with Crippen LogP contribution in [0.2, 0.25) is 0 Å². The van der Waals surface area contributed by atoms with Gasteiger partial charge in [0.1, 0.15) is 11.4 Å². The number of nitrogens with zero attached hydrogens (tertiary/aromatic N) is 3. The first-order chi connectivity index (χ1) is 6.75. The molecule has 0 saturated carbocycles. The molecular weight excluding hydrogens is 282 g/mol. The largest absolute Gasteiger partial charge is 0.248 e. The lowest BCUT2D eigenvalue weighted by Crippen LogP contribution is -1.84. The average Bonchev–Trinajstić information content (AvgIpc) is 2.62. The van der Waals surface area contributed by atoms with Gasteiger partial charge >= 0.3 is 0 Å². The van der Waals surface area contributed by atoms with Crippen LogP contribution in [0.5, 0.6) is 0 Å². The van der Waals surface area contributed by atoms with Crippen molar-refractivity contribution in [2.45, 2.75) is 16.3 Å². The molecule has 0 amide bonds. The van der Waals surface area contributed by atoms with E-state index in [9.17, 15) is 0 Å². The first kappa shape index (κ1) is 10.1. The van der Waals surface area contributed by atoms with Crippen molar-refractivity contribution in [1.82, 2.24) is 14.3 Å². The lowest BCUT2D eigenvalue weighted by atomic mass is 10.3.